The standard InChI is InChI=1S/C26H42O9S.Na/c1-15(6-5-7-16(2)27)18-13-22(35-36(32,33)34)26(31)24(18,4)11-9-21-23(3)10-8-17(28)12-19(23)20(29)14-25(21,26)30;/h5,7,15,17-22,28-31H,6,8-14H2,1-4H3,(H,32,33,34);/q;+1/p-1/b7-5+;/t15-,17+,18-,19-,20+,21-,22+,23+,24-,25+,26+;/m1./s1. The number of hydrogen-bond acceptors (Lipinski definition) is 9. The average Bonchev–Trinajstić information content (AvgIpc) is 2.97. The molecule has 11 atom stereocenters. The largest absolute Gasteiger partial charge is 1.00 e. The number of aliphatic hydroxyl groups excluding tert-OH is 2. The van der Waals surface area contributed by atoms with Crippen LogP contribution in [0.3, 0.4) is 0 Å². The van der Waals surface area contributed by atoms with E-state index in [1.165, 1.54) is 13.0 Å². The van der Waals surface area contributed by atoms with E-state index in [1.807, 2.05) is 20.8 Å². The molecule has 4 fully saturated rings. The van der Waals surface area contributed by atoms with E-state index in [2.05, 4.69) is 0 Å². The third-order valence-electron chi connectivity index (χ3n) is 10.8. The van der Waals surface area contributed by atoms with Crippen molar-refractivity contribution in [2.24, 2.45) is 34.5 Å². The van der Waals surface area contributed by atoms with E-state index >= 15 is 0 Å². The number of carbonyl (C=O) groups is 1. The summed E-state index contributed by atoms with van der Waals surface area (Å²) in [6.07, 6.45) is 3.03. The maximum Gasteiger partial charge on any atom is 1.00 e. The fourth-order valence-corrected chi connectivity index (χ4v) is 9.64. The SMILES string of the molecule is CC(=O)/C=C/C[C@@H](C)[C@H]1C[C@H](OS(=O)(=O)[O-])[C@]2(O)[C@]1(C)CC[C@@H]1[C@@]3(C)CC[C@H](O)C[C@@H]3[C@@H](O)C[C@]12O.[Na+]. The summed E-state index contributed by atoms with van der Waals surface area (Å²) in [5, 5.41) is 46.5. The van der Waals surface area contributed by atoms with Crippen molar-refractivity contribution in [1.29, 1.82) is 0 Å². The topological polar surface area (TPSA) is 164 Å². The van der Waals surface area contributed by atoms with E-state index < -0.39 is 56.7 Å². The molecular weight excluding hydrogens is 511 g/mol. The molecular formula is C26H41NaO9S. The average molecular weight is 553 g/mol. The van der Waals surface area contributed by atoms with Gasteiger partial charge in [0.2, 0.25) is 10.4 Å². The summed E-state index contributed by atoms with van der Waals surface area (Å²) in [6.45, 7) is 7.20. The Morgan fingerprint density at radius 3 is 2.41 bits per heavy atom. The van der Waals surface area contributed by atoms with Gasteiger partial charge in [0, 0.05) is 11.8 Å². The quantitative estimate of drug-likeness (QED) is 0.138. The van der Waals surface area contributed by atoms with Crippen LogP contribution in [0.5, 0.6) is 0 Å². The number of ketones is 1. The predicted molar refractivity (Wildman–Crippen MR) is 129 cm³/mol. The number of fused-ring (bicyclic) bond motifs is 5. The molecule has 0 aliphatic heterocycles. The van der Waals surface area contributed by atoms with Crippen LogP contribution < -0.4 is 29.6 Å². The van der Waals surface area contributed by atoms with Gasteiger partial charge in [0.15, 0.2) is 5.78 Å². The summed E-state index contributed by atoms with van der Waals surface area (Å²) in [4.78, 5) is 11.4. The van der Waals surface area contributed by atoms with Gasteiger partial charge in [-0.15, -0.1) is 0 Å². The molecule has 0 unspecified atom stereocenters. The van der Waals surface area contributed by atoms with Crippen molar-refractivity contribution in [2.75, 3.05) is 0 Å². The Hall–Kier alpha value is 0.120. The fraction of sp³-hybridized carbons (Fsp3) is 0.885. The second kappa shape index (κ2) is 10.5. The van der Waals surface area contributed by atoms with Crippen LogP contribution >= 0.6 is 0 Å². The van der Waals surface area contributed by atoms with Crippen molar-refractivity contribution in [3.63, 3.8) is 0 Å². The molecule has 0 aromatic carbocycles. The first kappa shape index (κ1) is 31.6. The maximum absolute atomic E-state index is 12.5. The van der Waals surface area contributed by atoms with E-state index in [9.17, 15) is 38.2 Å². The first-order chi connectivity index (χ1) is 16.5. The molecule has 37 heavy (non-hydrogen) atoms. The Morgan fingerprint density at radius 1 is 1.16 bits per heavy atom. The fourth-order valence-electron chi connectivity index (χ4n) is 9.14. The molecule has 0 amide bonds. The molecule has 0 bridgehead atoms. The molecule has 0 spiro atoms. The van der Waals surface area contributed by atoms with Gasteiger partial charge in [0.05, 0.1) is 12.2 Å². The van der Waals surface area contributed by atoms with Crippen molar-refractivity contribution in [2.45, 2.75) is 109 Å². The molecule has 0 heterocycles. The van der Waals surface area contributed by atoms with Gasteiger partial charge >= 0.3 is 29.6 Å². The molecule has 4 saturated carbocycles. The molecule has 0 aromatic heterocycles. The van der Waals surface area contributed by atoms with Gasteiger partial charge < -0.3 is 25.0 Å². The molecule has 4 rings (SSSR count). The van der Waals surface area contributed by atoms with Crippen molar-refractivity contribution in [1.82, 2.24) is 0 Å². The van der Waals surface area contributed by atoms with E-state index in [-0.39, 0.29) is 65.9 Å². The molecule has 0 saturated heterocycles. The number of allylic oxidation sites excluding steroid dienone is 2. The van der Waals surface area contributed by atoms with Gasteiger partial charge in [0.1, 0.15) is 17.3 Å². The van der Waals surface area contributed by atoms with Crippen molar-refractivity contribution < 1.29 is 71.9 Å². The molecule has 4 N–H and O–H groups in total. The first-order valence-corrected chi connectivity index (χ1v) is 14.4. The zero-order chi connectivity index (χ0) is 26.9. The van der Waals surface area contributed by atoms with E-state index in [0.29, 0.717) is 38.5 Å². The number of hydrogen-bond donors (Lipinski definition) is 4. The Labute approximate surface area is 242 Å². The van der Waals surface area contributed by atoms with Gasteiger partial charge in [-0.1, -0.05) is 26.8 Å². The van der Waals surface area contributed by atoms with Gasteiger partial charge in [-0.05, 0) is 87.0 Å². The third-order valence-corrected chi connectivity index (χ3v) is 11.2. The first-order valence-electron chi connectivity index (χ1n) is 13.1. The van der Waals surface area contributed by atoms with Gasteiger partial charge in [-0.2, -0.15) is 0 Å². The molecule has 4 aliphatic rings. The number of aliphatic hydroxyl groups is 4. The van der Waals surface area contributed by atoms with Crippen molar-refractivity contribution in [3.05, 3.63) is 12.2 Å². The van der Waals surface area contributed by atoms with Gasteiger partial charge in [-0.25, -0.2) is 8.42 Å². The smallest absolute Gasteiger partial charge is 0.726 e. The van der Waals surface area contributed by atoms with Crippen LogP contribution in [-0.2, 0) is 19.4 Å². The summed E-state index contributed by atoms with van der Waals surface area (Å²) >= 11 is 0. The molecule has 0 aromatic rings. The zero-order valence-corrected chi connectivity index (χ0v) is 25.4. The number of rotatable bonds is 6. The minimum atomic E-state index is -5.20. The minimum Gasteiger partial charge on any atom is -0.726 e. The van der Waals surface area contributed by atoms with Crippen LogP contribution in [-0.4, -0.2) is 68.7 Å². The predicted octanol–water partition coefficient (Wildman–Crippen LogP) is -1.16. The van der Waals surface area contributed by atoms with Crippen molar-refractivity contribution in [3.8, 4) is 0 Å². The minimum absolute atomic E-state index is 0. The zero-order valence-electron chi connectivity index (χ0n) is 22.6. The Morgan fingerprint density at radius 2 is 1.81 bits per heavy atom. The van der Waals surface area contributed by atoms with Crippen LogP contribution in [0.15, 0.2) is 12.2 Å². The second-order valence-electron chi connectivity index (χ2n) is 12.6. The summed E-state index contributed by atoms with van der Waals surface area (Å²) in [5.41, 5.74) is -5.59. The van der Waals surface area contributed by atoms with Gasteiger partial charge in [0.25, 0.3) is 0 Å². The van der Waals surface area contributed by atoms with Crippen LogP contribution in [0.2, 0.25) is 0 Å². The monoisotopic (exact) mass is 552 g/mol. The Bertz CT molecular complexity index is 1020. The van der Waals surface area contributed by atoms with Crippen LogP contribution in [0.1, 0.15) is 79.1 Å². The Kier molecular flexibility index (Phi) is 8.99. The molecule has 206 valence electrons. The maximum atomic E-state index is 12.5. The molecule has 11 heteroatoms. The third kappa shape index (κ3) is 4.96. The summed E-state index contributed by atoms with van der Waals surface area (Å²) in [5.74, 6) is -1.26. The van der Waals surface area contributed by atoms with E-state index in [1.54, 1.807) is 6.08 Å². The molecule has 0 radical (unpaired) electrons. The van der Waals surface area contributed by atoms with E-state index in [0.717, 1.165) is 0 Å². The summed E-state index contributed by atoms with van der Waals surface area (Å²) in [6, 6.07) is 0. The van der Waals surface area contributed by atoms with Crippen LogP contribution in [0.4, 0.5) is 0 Å². The molecule has 4 aliphatic carbocycles. The normalized spacial score (nSPS) is 48.5. The van der Waals surface area contributed by atoms with Crippen LogP contribution in [0.25, 0.3) is 0 Å². The van der Waals surface area contributed by atoms with Crippen LogP contribution in [0, 0.1) is 34.5 Å². The summed E-state index contributed by atoms with van der Waals surface area (Å²) in [7, 11) is -5.20. The Balaban J connectivity index is 0.00000380. The summed E-state index contributed by atoms with van der Waals surface area (Å²) < 4.78 is 40.4. The van der Waals surface area contributed by atoms with Gasteiger partial charge in [-0.3, -0.25) is 8.98 Å². The number of carbonyl (C=O) groups excluding carboxylic acids is 1. The second-order valence-corrected chi connectivity index (χ2v) is 13.6. The van der Waals surface area contributed by atoms with E-state index in [4.69, 9.17) is 4.18 Å². The molecule has 9 nitrogen and oxygen atoms in total. The van der Waals surface area contributed by atoms with Crippen molar-refractivity contribution >= 4 is 16.2 Å².